The van der Waals surface area contributed by atoms with Crippen molar-refractivity contribution in [2.75, 3.05) is 6.54 Å². The quantitative estimate of drug-likeness (QED) is 0.707. The topological polar surface area (TPSA) is 111 Å². The molecule has 7 heteroatoms. The van der Waals surface area contributed by atoms with Crippen molar-refractivity contribution >= 4 is 23.3 Å². The number of ether oxygens (including phenoxy) is 1. The van der Waals surface area contributed by atoms with Crippen molar-refractivity contribution in [2.24, 2.45) is 16.5 Å². The van der Waals surface area contributed by atoms with Gasteiger partial charge >= 0.3 is 0 Å². The van der Waals surface area contributed by atoms with E-state index in [9.17, 15) is 9.90 Å². The maximum absolute atomic E-state index is 13.0. The molecule has 2 unspecified atom stereocenters. The Bertz CT molecular complexity index is 681. The van der Waals surface area contributed by atoms with E-state index in [-0.39, 0.29) is 12.3 Å². The molecule has 1 fully saturated rings. The van der Waals surface area contributed by atoms with E-state index in [0.29, 0.717) is 42.2 Å². The molecule has 1 aliphatic heterocycles. The summed E-state index contributed by atoms with van der Waals surface area (Å²) in [4.78, 5) is 17.6. The van der Waals surface area contributed by atoms with Crippen molar-refractivity contribution in [1.82, 2.24) is 0 Å². The number of nitrogens with two attached hydrogens (primary N) is 2. The van der Waals surface area contributed by atoms with Crippen LogP contribution in [-0.2, 0) is 15.1 Å². The first-order chi connectivity index (χ1) is 12.0. The van der Waals surface area contributed by atoms with Gasteiger partial charge in [0.15, 0.2) is 11.6 Å². The van der Waals surface area contributed by atoms with Gasteiger partial charge in [-0.15, -0.1) is 0 Å². The first-order valence-electron chi connectivity index (χ1n) is 8.67. The number of hydrogen-bond acceptors (Lipinski definition) is 6. The van der Waals surface area contributed by atoms with E-state index in [1.807, 2.05) is 18.2 Å². The molecule has 136 valence electrons. The van der Waals surface area contributed by atoms with E-state index in [0.717, 1.165) is 6.42 Å². The number of carbonyl (C=O) groups excluding carboxylic acids is 1. The van der Waals surface area contributed by atoms with Gasteiger partial charge in [0, 0.05) is 17.1 Å². The lowest BCUT2D eigenvalue weighted by atomic mass is 9.73. The van der Waals surface area contributed by atoms with E-state index in [1.54, 1.807) is 6.07 Å². The van der Waals surface area contributed by atoms with Crippen LogP contribution in [0.4, 0.5) is 0 Å². The molecule has 5 N–H and O–H groups in total. The van der Waals surface area contributed by atoms with Crippen molar-refractivity contribution in [3.63, 3.8) is 0 Å². The zero-order chi connectivity index (χ0) is 18.0. The maximum Gasteiger partial charge on any atom is 0.205 e. The van der Waals surface area contributed by atoms with Gasteiger partial charge in [-0.05, 0) is 38.2 Å². The number of fused-ring (bicyclic) bond motifs is 2. The van der Waals surface area contributed by atoms with Gasteiger partial charge in [0.2, 0.25) is 11.7 Å². The number of nitrogens with zero attached hydrogens (tertiary/aromatic N) is 1. The Morgan fingerprint density at radius 3 is 2.88 bits per heavy atom. The number of Topliss-reactive ketones (excluding diaryl/α,β-unsaturated/α-hetero) is 1. The molecule has 1 saturated carbocycles. The number of aliphatic imine (C=N–C) groups is 1. The van der Waals surface area contributed by atoms with Crippen LogP contribution in [0, 0.1) is 0 Å². The van der Waals surface area contributed by atoms with Crippen LogP contribution in [-0.4, -0.2) is 41.6 Å². The third-order valence-corrected chi connectivity index (χ3v) is 5.32. The van der Waals surface area contributed by atoms with Crippen molar-refractivity contribution in [1.29, 1.82) is 0 Å². The van der Waals surface area contributed by atoms with E-state index >= 15 is 0 Å². The highest BCUT2D eigenvalue weighted by Gasteiger charge is 2.52. The van der Waals surface area contributed by atoms with Gasteiger partial charge in [0.1, 0.15) is 0 Å². The molecule has 0 radical (unpaired) electrons. The van der Waals surface area contributed by atoms with E-state index in [4.69, 9.17) is 27.8 Å². The third-order valence-electron chi connectivity index (χ3n) is 4.99. The minimum atomic E-state index is -1.01. The number of halogens is 1. The Kier molecular flexibility index (Phi) is 5.43. The zero-order valence-electron chi connectivity index (χ0n) is 14.0. The van der Waals surface area contributed by atoms with Crippen LogP contribution in [0.3, 0.4) is 0 Å². The predicted octanol–water partition coefficient (Wildman–Crippen LogP) is 1.51. The number of aliphatic hydroxyl groups excluding tert-OH is 1. The number of ketones is 1. The lowest BCUT2D eigenvalue weighted by Gasteiger charge is -2.42. The highest BCUT2D eigenvalue weighted by Crippen LogP contribution is 2.44. The molecule has 0 aromatic heterocycles. The highest BCUT2D eigenvalue weighted by atomic mass is 35.5. The van der Waals surface area contributed by atoms with Gasteiger partial charge in [0.05, 0.1) is 12.1 Å². The summed E-state index contributed by atoms with van der Waals surface area (Å²) in [6, 6.07) is 6.81. The summed E-state index contributed by atoms with van der Waals surface area (Å²) in [7, 11) is 0. The predicted molar refractivity (Wildman–Crippen MR) is 96.6 cm³/mol. The van der Waals surface area contributed by atoms with Crippen LogP contribution < -0.4 is 11.5 Å². The summed E-state index contributed by atoms with van der Waals surface area (Å²) >= 11 is 6.37. The van der Waals surface area contributed by atoms with Gasteiger partial charge in [-0.2, -0.15) is 0 Å². The summed E-state index contributed by atoms with van der Waals surface area (Å²) in [5.74, 6) is 0.318. The van der Waals surface area contributed by atoms with Crippen LogP contribution in [0.1, 0.15) is 37.7 Å². The monoisotopic (exact) mass is 365 g/mol. The average Bonchev–Trinajstić information content (AvgIpc) is 2.60. The molecular formula is C18H24ClN3O3. The molecule has 6 nitrogen and oxygen atoms in total. The fourth-order valence-corrected chi connectivity index (χ4v) is 3.85. The minimum Gasteiger partial charge on any atom is -0.468 e. The van der Waals surface area contributed by atoms with Gasteiger partial charge in [-0.25, -0.2) is 4.99 Å². The van der Waals surface area contributed by atoms with Gasteiger partial charge in [0.25, 0.3) is 0 Å². The number of hydrogen-bond donors (Lipinski definition) is 3. The van der Waals surface area contributed by atoms with Crippen LogP contribution in [0.2, 0.25) is 5.02 Å². The Labute approximate surface area is 152 Å². The van der Waals surface area contributed by atoms with Gasteiger partial charge < -0.3 is 21.3 Å². The molecule has 3 rings (SSSR count). The molecule has 1 aromatic carbocycles. The Morgan fingerprint density at radius 2 is 2.16 bits per heavy atom. The molecule has 1 aromatic rings. The molecular weight excluding hydrogens is 342 g/mol. The second-order valence-corrected chi connectivity index (χ2v) is 7.13. The molecule has 1 aliphatic carbocycles. The number of benzene rings is 1. The highest BCUT2D eigenvalue weighted by molar-refractivity contribution is 6.32. The van der Waals surface area contributed by atoms with Crippen molar-refractivity contribution in [3.8, 4) is 0 Å². The second-order valence-electron chi connectivity index (χ2n) is 6.73. The van der Waals surface area contributed by atoms with Crippen molar-refractivity contribution < 1.29 is 14.6 Å². The Balaban J connectivity index is 1.94. The van der Waals surface area contributed by atoms with Crippen LogP contribution >= 0.6 is 11.6 Å². The van der Waals surface area contributed by atoms with Gasteiger partial charge in [-0.1, -0.05) is 29.8 Å². The second kappa shape index (κ2) is 7.41. The summed E-state index contributed by atoms with van der Waals surface area (Å²) in [6.45, 7) is 0.185. The zero-order valence-corrected chi connectivity index (χ0v) is 14.8. The summed E-state index contributed by atoms with van der Waals surface area (Å²) in [5.41, 5.74) is 11.3. The molecule has 25 heavy (non-hydrogen) atoms. The van der Waals surface area contributed by atoms with Crippen LogP contribution in [0.5, 0.6) is 0 Å². The summed E-state index contributed by atoms with van der Waals surface area (Å²) in [5, 5.41) is 10.2. The lowest BCUT2D eigenvalue weighted by Crippen LogP contribution is -2.54. The Morgan fingerprint density at radius 1 is 1.40 bits per heavy atom. The van der Waals surface area contributed by atoms with Crippen molar-refractivity contribution in [3.05, 3.63) is 34.9 Å². The van der Waals surface area contributed by atoms with E-state index in [2.05, 4.69) is 4.99 Å². The number of aliphatic hydroxyl groups is 1. The fourth-order valence-electron chi connectivity index (χ4n) is 3.56. The number of rotatable bonds is 6. The van der Waals surface area contributed by atoms with Crippen LogP contribution in [0.15, 0.2) is 29.3 Å². The molecule has 2 aliphatic rings. The Hall–Kier alpha value is -1.47. The summed E-state index contributed by atoms with van der Waals surface area (Å²) < 4.78 is 5.80. The molecule has 0 amide bonds. The smallest absolute Gasteiger partial charge is 0.205 e. The maximum atomic E-state index is 13.0. The first-order valence-corrected chi connectivity index (χ1v) is 9.05. The number of carbonyl (C=O) groups is 1. The van der Waals surface area contributed by atoms with Crippen LogP contribution in [0.25, 0.3) is 0 Å². The summed E-state index contributed by atoms with van der Waals surface area (Å²) in [6.07, 6.45) is 1.88. The minimum absolute atomic E-state index is 0.0511. The molecule has 0 spiro atoms. The molecule has 0 saturated heterocycles. The molecule has 2 bridgehead atoms. The van der Waals surface area contributed by atoms with Crippen molar-refractivity contribution in [2.45, 2.75) is 55.9 Å². The third kappa shape index (κ3) is 3.44. The fraction of sp³-hybridized carbons (Fsp3) is 0.556. The molecule has 4 atom stereocenters. The normalized spacial score (nSPS) is 28.1. The average molecular weight is 366 g/mol. The molecule has 1 heterocycles. The lowest BCUT2D eigenvalue weighted by molar-refractivity contribution is -0.137. The van der Waals surface area contributed by atoms with E-state index in [1.165, 1.54) is 0 Å². The van der Waals surface area contributed by atoms with E-state index < -0.39 is 23.8 Å². The first kappa shape index (κ1) is 18.3. The largest absolute Gasteiger partial charge is 0.468 e. The van der Waals surface area contributed by atoms with Gasteiger partial charge in [-0.3, -0.25) is 4.79 Å². The standard InChI is InChI=1S/C18H24ClN3O3/c19-13-5-2-1-4-12(13)18-9-3-6-15(16(18)24)25-17(22-18)14(21)8-7-11(23)10-20/h1-2,4-5,11,14-15,23H,3,6-10,20-21H2/t11?,14?,15-,18-/m0/s1. The SMILES string of the molecule is NCC(O)CCC(N)C1=N[C@]2(c3ccccc3Cl)CCC[C@H](O1)C2=O.